The fraction of sp³-hybridized carbons (Fsp3) is 0.375. The van der Waals surface area contributed by atoms with Crippen molar-refractivity contribution in [2.24, 2.45) is 4.99 Å². The van der Waals surface area contributed by atoms with Gasteiger partial charge in [0, 0.05) is 19.2 Å². The lowest BCUT2D eigenvalue weighted by molar-refractivity contribution is -0.128. The van der Waals surface area contributed by atoms with E-state index in [-0.39, 0.29) is 18.2 Å². The number of anilines is 1. The molecule has 1 aliphatic rings. The third-order valence-electron chi connectivity index (χ3n) is 5.01. The fourth-order valence-corrected chi connectivity index (χ4v) is 4.66. The van der Waals surface area contributed by atoms with E-state index >= 15 is 0 Å². The van der Waals surface area contributed by atoms with Crippen LogP contribution in [-0.4, -0.2) is 47.4 Å². The summed E-state index contributed by atoms with van der Waals surface area (Å²) in [7, 11) is 1.60. The van der Waals surface area contributed by atoms with E-state index in [2.05, 4.69) is 11.4 Å². The van der Waals surface area contributed by atoms with Gasteiger partial charge in [0.05, 0.1) is 18.8 Å². The highest BCUT2D eigenvalue weighted by Gasteiger charge is 2.39. The van der Waals surface area contributed by atoms with E-state index in [1.807, 2.05) is 58.0 Å². The van der Waals surface area contributed by atoms with Gasteiger partial charge in [-0.15, -0.1) is 0 Å². The number of thioether (sulfide) groups is 1. The molecule has 1 heterocycles. The monoisotopic (exact) mass is 439 g/mol. The van der Waals surface area contributed by atoms with Crippen LogP contribution in [0.1, 0.15) is 28.7 Å². The Morgan fingerprint density at radius 2 is 1.81 bits per heavy atom. The predicted molar refractivity (Wildman–Crippen MR) is 127 cm³/mol. The Morgan fingerprint density at radius 1 is 1.10 bits per heavy atom. The van der Waals surface area contributed by atoms with Crippen molar-refractivity contribution in [3.63, 3.8) is 0 Å². The average Bonchev–Trinajstić information content (AvgIpc) is 2.96. The first kappa shape index (κ1) is 23.0. The Kier molecular flexibility index (Phi) is 7.51. The molecule has 164 valence electrons. The summed E-state index contributed by atoms with van der Waals surface area (Å²) < 4.78 is 5.17. The van der Waals surface area contributed by atoms with Gasteiger partial charge >= 0.3 is 0 Å². The summed E-state index contributed by atoms with van der Waals surface area (Å²) in [5, 5.41) is 3.05. The van der Waals surface area contributed by atoms with Crippen molar-refractivity contribution >= 4 is 40.1 Å². The van der Waals surface area contributed by atoms with Crippen LogP contribution in [0.3, 0.4) is 0 Å². The van der Waals surface area contributed by atoms with Crippen LogP contribution in [0.15, 0.2) is 41.4 Å². The number of ether oxygens (including phenoxy) is 1. The van der Waals surface area contributed by atoms with Gasteiger partial charge in [0.2, 0.25) is 11.8 Å². The number of hydrogen-bond donors (Lipinski definition) is 1. The molecule has 1 aliphatic heterocycles. The van der Waals surface area contributed by atoms with Crippen molar-refractivity contribution in [1.29, 1.82) is 0 Å². The number of methoxy groups -OCH3 is 1. The van der Waals surface area contributed by atoms with Gasteiger partial charge in [0.25, 0.3) is 0 Å². The van der Waals surface area contributed by atoms with Crippen molar-refractivity contribution in [1.82, 2.24) is 4.90 Å². The van der Waals surface area contributed by atoms with Crippen LogP contribution in [0.4, 0.5) is 11.4 Å². The van der Waals surface area contributed by atoms with Gasteiger partial charge in [-0.05, 0) is 68.1 Å². The molecule has 0 bridgehead atoms. The standard InChI is InChI=1S/C24H29N3O3S/c1-15-6-7-18(4)20(13-15)26-22(28)14-21-23(29)27(8-9-30-5)24(31-21)25-19-11-16(2)10-17(3)12-19/h6-7,10-13,21H,8-9,14H2,1-5H3,(H,26,28). The average molecular weight is 440 g/mol. The molecular formula is C24H29N3O3S. The van der Waals surface area contributed by atoms with Crippen molar-refractivity contribution in [3.8, 4) is 0 Å². The number of nitrogens with one attached hydrogen (secondary N) is 1. The zero-order chi connectivity index (χ0) is 22.5. The van der Waals surface area contributed by atoms with Crippen molar-refractivity contribution in [2.75, 3.05) is 25.6 Å². The molecule has 0 aromatic heterocycles. The van der Waals surface area contributed by atoms with Gasteiger partial charge in [0.15, 0.2) is 5.17 Å². The number of nitrogens with zero attached hydrogens (tertiary/aromatic N) is 2. The Labute approximate surface area is 188 Å². The lowest BCUT2D eigenvalue weighted by Crippen LogP contribution is -2.35. The molecule has 2 amide bonds. The number of hydrogen-bond acceptors (Lipinski definition) is 5. The van der Waals surface area contributed by atoms with Gasteiger partial charge < -0.3 is 10.1 Å². The van der Waals surface area contributed by atoms with Gasteiger partial charge in [-0.3, -0.25) is 14.5 Å². The maximum absolute atomic E-state index is 13.0. The molecule has 0 aliphatic carbocycles. The molecular weight excluding hydrogens is 410 g/mol. The molecule has 0 saturated carbocycles. The summed E-state index contributed by atoms with van der Waals surface area (Å²) >= 11 is 1.34. The SMILES string of the molecule is COCCN1C(=O)C(CC(=O)Nc2cc(C)ccc2C)SC1=Nc1cc(C)cc(C)c1. The molecule has 2 aromatic rings. The highest BCUT2D eigenvalue weighted by atomic mass is 32.2. The summed E-state index contributed by atoms with van der Waals surface area (Å²) in [6, 6.07) is 12.0. The molecule has 0 spiro atoms. The van der Waals surface area contributed by atoms with E-state index < -0.39 is 5.25 Å². The summed E-state index contributed by atoms with van der Waals surface area (Å²) in [5.41, 5.74) is 5.86. The topological polar surface area (TPSA) is 71.0 Å². The Balaban J connectivity index is 1.78. The molecule has 31 heavy (non-hydrogen) atoms. The second kappa shape index (κ2) is 10.1. The number of aliphatic imine (C=N–C) groups is 1. The summed E-state index contributed by atoms with van der Waals surface area (Å²) in [4.78, 5) is 32.1. The summed E-state index contributed by atoms with van der Waals surface area (Å²) in [6.45, 7) is 8.78. The molecule has 7 heteroatoms. The van der Waals surface area contributed by atoms with Gasteiger partial charge in [0.1, 0.15) is 5.25 Å². The second-order valence-electron chi connectivity index (χ2n) is 7.90. The molecule has 3 rings (SSSR count). The Morgan fingerprint density at radius 3 is 2.48 bits per heavy atom. The van der Waals surface area contributed by atoms with Gasteiger partial charge in [-0.25, -0.2) is 4.99 Å². The maximum Gasteiger partial charge on any atom is 0.242 e. The quantitative estimate of drug-likeness (QED) is 0.688. The van der Waals surface area contributed by atoms with E-state index in [0.717, 1.165) is 33.6 Å². The Bertz CT molecular complexity index is 999. The largest absolute Gasteiger partial charge is 0.383 e. The first-order chi connectivity index (χ1) is 14.8. The van der Waals surface area contributed by atoms with E-state index in [9.17, 15) is 9.59 Å². The summed E-state index contributed by atoms with van der Waals surface area (Å²) in [6.07, 6.45) is 0.0895. The maximum atomic E-state index is 13.0. The molecule has 1 fully saturated rings. The number of rotatable bonds is 7. The van der Waals surface area contributed by atoms with Crippen LogP contribution in [0, 0.1) is 27.7 Å². The lowest BCUT2D eigenvalue weighted by atomic mass is 10.1. The number of amides is 2. The molecule has 1 N–H and O–H groups in total. The first-order valence-corrected chi connectivity index (χ1v) is 11.2. The zero-order valence-corrected chi connectivity index (χ0v) is 19.5. The van der Waals surface area contributed by atoms with Crippen LogP contribution in [0.2, 0.25) is 0 Å². The third kappa shape index (κ3) is 5.95. The molecule has 2 aromatic carbocycles. The highest BCUT2D eigenvalue weighted by Crippen LogP contribution is 2.32. The molecule has 1 atom stereocenters. The molecule has 1 saturated heterocycles. The van der Waals surface area contributed by atoms with E-state index in [0.29, 0.717) is 18.3 Å². The number of carbonyl (C=O) groups is 2. The predicted octanol–water partition coefficient (Wildman–Crippen LogP) is 4.53. The lowest BCUT2D eigenvalue weighted by Gasteiger charge is -2.16. The number of amidine groups is 1. The van der Waals surface area contributed by atoms with Gasteiger partial charge in [-0.2, -0.15) is 0 Å². The zero-order valence-electron chi connectivity index (χ0n) is 18.7. The molecule has 6 nitrogen and oxygen atoms in total. The van der Waals surface area contributed by atoms with E-state index in [4.69, 9.17) is 9.73 Å². The van der Waals surface area contributed by atoms with E-state index in [1.165, 1.54) is 11.8 Å². The first-order valence-electron chi connectivity index (χ1n) is 10.3. The van der Waals surface area contributed by atoms with Crippen LogP contribution in [0.25, 0.3) is 0 Å². The smallest absolute Gasteiger partial charge is 0.242 e. The fourth-order valence-electron chi connectivity index (χ4n) is 3.48. The second-order valence-corrected chi connectivity index (χ2v) is 9.07. The highest BCUT2D eigenvalue weighted by molar-refractivity contribution is 8.15. The number of carbonyl (C=O) groups excluding carboxylic acids is 2. The third-order valence-corrected chi connectivity index (χ3v) is 6.18. The number of benzene rings is 2. The van der Waals surface area contributed by atoms with Crippen molar-refractivity contribution < 1.29 is 14.3 Å². The van der Waals surface area contributed by atoms with Crippen molar-refractivity contribution in [3.05, 3.63) is 58.7 Å². The molecule has 1 unspecified atom stereocenters. The normalized spacial score (nSPS) is 17.5. The Hall–Kier alpha value is -2.64. The summed E-state index contributed by atoms with van der Waals surface area (Å²) in [5.74, 6) is -0.291. The van der Waals surface area contributed by atoms with Crippen LogP contribution in [0.5, 0.6) is 0 Å². The van der Waals surface area contributed by atoms with Crippen LogP contribution >= 0.6 is 11.8 Å². The van der Waals surface area contributed by atoms with Crippen LogP contribution in [-0.2, 0) is 14.3 Å². The minimum absolute atomic E-state index is 0.0895. The molecule has 0 radical (unpaired) electrons. The minimum Gasteiger partial charge on any atom is -0.383 e. The van der Waals surface area contributed by atoms with Crippen LogP contribution < -0.4 is 5.32 Å². The number of aryl methyl sites for hydroxylation is 4. The van der Waals surface area contributed by atoms with Crippen molar-refractivity contribution in [2.45, 2.75) is 39.4 Å². The minimum atomic E-state index is -0.508. The van der Waals surface area contributed by atoms with Gasteiger partial charge in [-0.1, -0.05) is 30.0 Å². The van der Waals surface area contributed by atoms with E-state index in [1.54, 1.807) is 12.0 Å².